The van der Waals surface area contributed by atoms with E-state index in [1.165, 1.54) is 16.7 Å². The summed E-state index contributed by atoms with van der Waals surface area (Å²) in [7, 11) is 1.99. The molecular weight excluding hydrogens is 250 g/mol. The summed E-state index contributed by atoms with van der Waals surface area (Å²) < 4.78 is 10.8. The molecule has 0 aliphatic carbocycles. The molecule has 0 fully saturated rings. The third-order valence-electron chi connectivity index (χ3n) is 3.67. The van der Waals surface area contributed by atoms with E-state index in [4.69, 9.17) is 9.47 Å². The summed E-state index contributed by atoms with van der Waals surface area (Å²) in [4.78, 5) is 0. The van der Waals surface area contributed by atoms with Crippen LogP contribution in [0.25, 0.3) is 0 Å². The number of hydrogen-bond acceptors (Lipinski definition) is 3. The van der Waals surface area contributed by atoms with Gasteiger partial charge < -0.3 is 14.8 Å². The lowest BCUT2D eigenvalue weighted by molar-refractivity contribution is 0.174. The average Bonchev–Trinajstić information content (AvgIpc) is 2.92. The first-order valence-corrected chi connectivity index (χ1v) is 6.88. The first-order valence-electron chi connectivity index (χ1n) is 6.88. The molecule has 0 saturated heterocycles. The maximum Gasteiger partial charge on any atom is 0.231 e. The summed E-state index contributed by atoms with van der Waals surface area (Å²) in [5.74, 6) is 1.67. The first kappa shape index (κ1) is 13.0. The van der Waals surface area contributed by atoms with Crippen molar-refractivity contribution in [3.8, 4) is 11.5 Å². The standard InChI is InChI=1S/C17H19NO2/c1-12-4-3-5-13(8-12)9-15(18-2)14-6-7-16-17(10-14)20-11-19-16/h3-8,10,15,18H,9,11H2,1-2H3. The van der Waals surface area contributed by atoms with Crippen molar-refractivity contribution in [2.75, 3.05) is 13.8 Å². The summed E-state index contributed by atoms with van der Waals surface area (Å²) in [5.41, 5.74) is 3.85. The van der Waals surface area contributed by atoms with Gasteiger partial charge in [0.15, 0.2) is 11.5 Å². The van der Waals surface area contributed by atoms with E-state index in [9.17, 15) is 0 Å². The Labute approximate surface area is 119 Å². The third kappa shape index (κ3) is 2.63. The minimum absolute atomic E-state index is 0.270. The Morgan fingerprint density at radius 3 is 2.75 bits per heavy atom. The summed E-state index contributed by atoms with van der Waals surface area (Å²) in [6.45, 7) is 2.44. The molecule has 1 aliphatic heterocycles. The highest BCUT2D eigenvalue weighted by Gasteiger charge is 2.17. The lowest BCUT2D eigenvalue weighted by atomic mass is 9.97. The summed E-state index contributed by atoms with van der Waals surface area (Å²) in [6, 6.07) is 15.1. The second-order valence-corrected chi connectivity index (χ2v) is 5.15. The molecule has 1 atom stereocenters. The van der Waals surface area contributed by atoms with Crippen molar-refractivity contribution in [3.05, 3.63) is 59.2 Å². The van der Waals surface area contributed by atoms with E-state index < -0.39 is 0 Å². The molecule has 0 radical (unpaired) electrons. The Hall–Kier alpha value is -2.00. The van der Waals surface area contributed by atoms with Crippen LogP contribution in [0.4, 0.5) is 0 Å². The zero-order valence-corrected chi connectivity index (χ0v) is 11.8. The van der Waals surface area contributed by atoms with Crippen LogP contribution in [0.5, 0.6) is 11.5 Å². The molecule has 0 amide bonds. The summed E-state index contributed by atoms with van der Waals surface area (Å²) in [6.07, 6.45) is 0.956. The Balaban J connectivity index is 1.83. The van der Waals surface area contributed by atoms with Gasteiger partial charge in [-0.25, -0.2) is 0 Å². The molecule has 104 valence electrons. The maximum absolute atomic E-state index is 5.45. The van der Waals surface area contributed by atoms with Crippen LogP contribution in [0.3, 0.4) is 0 Å². The number of ether oxygens (including phenoxy) is 2. The molecule has 1 heterocycles. The fraction of sp³-hybridized carbons (Fsp3) is 0.294. The first-order chi connectivity index (χ1) is 9.76. The van der Waals surface area contributed by atoms with Crippen LogP contribution >= 0.6 is 0 Å². The number of hydrogen-bond donors (Lipinski definition) is 1. The van der Waals surface area contributed by atoms with Crippen LogP contribution in [0.1, 0.15) is 22.7 Å². The molecule has 20 heavy (non-hydrogen) atoms. The molecule has 0 bridgehead atoms. The summed E-state index contributed by atoms with van der Waals surface area (Å²) in [5, 5.41) is 3.38. The van der Waals surface area contributed by atoms with Crippen molar-refractivity contribution < 1.29 is 9.47 Å². The van der Waals surface area contributed by atoms with Crippen molar-refractivity contribution >= 4 is 0 Å². The van der Waals surface area contributed by atoms with Gasteiger partial charge in [-0.1, -0.05) is 35.9 Å². The molecule has 1 N–H and O–H groups in total. The second kappa shape index (κ2) is 5.55. The van der Waals surface area contributed by atoms with Crippen LogP contribution in [-0.2, 0) is 6.42 Å². The van der Waals surface area contributed by atoms with Crippen molar-refractivity contribution in [1.29, 1.82) is 0 Å². The van der Waals surface area contributed by atoms with E-state index in [-0.39, 0.29) is 6.04 Å². The summed E-state index contributed by atoms with van der Waals surface area (Å²) >= 11 is 0. The van der Waals surface area contributed by atoms with Crippen molar-refractivity contribution in [2.24, 2.45) is 0 Å². The van der Waals surface area contributed by atoms with E-state index in [0.29, 0.717) is 6.79 Å². The van der Waals surface area contributed by atoms with Crippen LogP contribution in [0, 0.1) is 6.92 Å². The predicted octanol–water partition coefficient (Wildman–Crippen LogP) is 3.23. The Bertz CT molecular complexity index is 610. The maximum atomic E-state index is 5.45. The van der Waals surface area contributed by atoms with E-state index in [0.717, 1.165) is 17.9 Å². The van der Waals surface area contributed by atoms with Crippen LogP contribution in [0.15, 0.2) is 42.5 Å². The largest absolute Gasteiger partial charge is 0.454 e. The number of fused-ring (bicyclic) bond motifs is 1. The van der Waals surface area contributed by atoms with E-state index in [2.05, 4.69) is 48.6 Å². The van der Waals surface area contributed by atoms with Crippen LogP contribution in [-0.4, -0.2) is 13.8 Å². The minimum atomic E-state index is 0.270. The molecule has 0 spiro atoms. The number of rotatable bonds is 4. The van der Waals surface area contributed by atoms with Gasteiger partial charge in [0.2, 0.25) is 6.79 Å². The highest BCUT2D eigenvalue weighted by molar-refractivity contribution is 5.45. The van der Waals surface area contributed by atoms with Gasteiger partial charge in [-0.05, 0) is 43.7 Å². The molecule has 3 heteroatoms. The van der Waals surface area contributed by atoms with Gasteiger partial charge in [0.05, 0.1) is 0 Å². The average molecular weight is 269 g/mol. The van der Waals surface area contributed by atoms with Gasteiger partial charge >= 0.3 is 0 Å². The lowest BCUT2D eigenvalue weighted by Crippen LogP contribution is -2.18. The van der Waals surface area contributed by atoms with Crippen LogP contribution < -0.4 is 14.8 Å². The molecule has 0 aromatic heterocycles. The Morgan fingerprint density at radius 2 is 1.95 bits per heavy atom. The van der Waals surface area contributed by atoms with Crippen molar-refractivity contribution in [1.82, 2.24) is 5.32 Å². The minimum Gasteiger partial charge on any atom is -0.454 e. The second-order valence-electron chi connectivity index (χ2n) is 5.15. The van der Waals surface area contributed by atoms with Gasteiger partial charge in [0.25, 0.3) is 0 Å². The van der Waals surface area contributed by atoms with E-state index in [1.807, 2.05) is 13.1 Å². The topological polar surface area (TPSA) is 30.5 Å². The van der Waals surface area contributed by atoms with Gasteiger partial charge in [0.1, 0.15) is 0 Å². The normalized spacial score (nSPS) is 14.3. The van der Waals surface area contributed by atoms with Gasteiger partial charge in [-0.2, -0.15) is 0 Å². The fourth-order valence-electron chi connectivity index (χ4n) is 2.59. The molecule has 2 aromatic rings. The number of aryl methyl sites for hydroxylation is 1. The SMILES string of the molecule is CNC(Cc1cccc(C)c1)c1ccc2c(c1)OCO2. The molecule has 1 aliphatic rings. The van der Waals surface area contributed by atoms with E-state index >= 15 is 0 Å². The molecule has 3 nitrogen and oxygen atoms in total. The number of nitrogens with one attached hydrogen (secondary N) is 1. The van der Waals surface area contributed by atoms with Gasteiger partial charge in [-0.3, -0.25) is 0 Å². The third-order valence-corrected chi connectivity index (χ3v) is 3.67. The zero-order chi connectivity index (χ0) is 13.9. The quantitative estimate of drug-likeness (QED) is 0.924. The number of likely N-dealkylation sites (N-methyl/N-ethyl adjacent to an activating group) is 1. The monoisotopic (exact) mass is 269 g/mol. The smallest absolute Gasteiger partial charge is 0.231 e. The lowest BCUT2D eigenvalue weighted by Gasteiger charge is -2.17. The highest BCUT2D eigenvalue weighted by Crippen LogP contribution is 2.34. The molecule has 1 unspecified atom stereocenters. The molecular formula is C17H19NO2. The zero-order valence-electron chi connectivity index (χ0n) is 11.8. The Kier molecular flexibility index (Phi) is 3.61. The molecule has 2 aromatic carbocycles. The van der Waals surface area contributed by atoms with Crippen molar-refractivity contribution in [3.63, 3.8) is 0 Å². The molecule has 0 saturated carbocycles. The Morgan fingerprint density at radius 1 is 1.10 bits per heavy atom. The van der Waals surface area contributed by atoms with Crippen LogP contribution in [0.2, 0.25) is 0 Å². The van der Waals surface area contributed by atoms with Gasteiger partial charge in [-0.15, -0.1) is 0 Å². The van der Waals surface area contributed by atoms with E-state index in [1.54, 1.807) is 0 Å². The van der Waals surface area contributed by atoms with Gasteiger partial charge in [0, 0.05) is 6.04 Å². The fourth-order valence-corrected chi connectivity index (χ4v) is 2.59. The highest BCUT2D eigenvalue weighted by atomic mass is 16.7. The predicted molar refractivity (Wildman–Crippen MR) is 79.2 cm³/mol. The number of benzene rings is 2. The molecule has 3 rings (SSSR count). The van der Waals surface area contributed by atoms with Crippen molar-refractivity contribution in [2.45, 2.75) is 19.4 Å².